The van der Waals surface area contributed by atoms with Gasteiger partial charge in [-0.25, -0.2) is 18.2 Å². The van der Waals surface area contributed by atoms with Crippen molar-refractivity contribution < 1.29 is 26.3 Å². The van der Waals surface area contributed by atoms with Crippen LogP contribution in [-0.4, -0.2) is 40.0 Å². The smallest absolute Gasteiger partial charge is 0.337 e. The molecule has 0 atom stereocenters. The Kier molecular flexibility index (Phi) is 5.99. The zero-order chi connectivity index (χ0) is 21.0. The lowest BCUT2D eigenvalue weighted by molar-refractivity contribution is -0.140. The Morgan fingerprint density at radius 2 is 1.73 bits per heavy atom. The van der Waals surface area contributed by atoms with Crippen LogP contribution in [0.3, 0.4) is 0 Å². The molecule has 0 unspecified atom stereocenters. The van der Waals surface area contributed by atoms with Crippen molar-refractivity contribution in [3.63, 3.8) is 0 Å². The largest absolute Gasteiger partial charge is 0.435 e. The predicted molar refractivity (Wildman–Crippen MR) is 105 cm³/mol. The van der Waals surface area contributed by atoms with Crippen molar-refractivity contribution in [3.8, 4) is 0 Å². The molecular formula is C20H20ClF6N3. The molecule has 1 aromatic carbocycles. The van der Waals surface area contributed by atoms with Gasteiger partial charge in [-0.05, 0) is 30.7 Å². The van der Waals surface area contributed by atoms with E-state index < -0.39 is 23.6 Å². The number of fused-ring (bicyclic) bond motifs is 3. The molecule has 4 rings (SSSR count). The summed E-state index contributed by atoms with van der Waals surface area (Å²) in [5, 5.41) is 0.646. The second-order valence-electron chi connectivity index (χ2n) is 7.52. The number of likely N-dealkylation sites (tertiary alicyclic amines) is 1. The van der Waals surface area contributed by atoms with Crippen LogP contribution in [-0.2, 0) is 12.7 Å². The average Bonchev–Trinajstić information content (AvgIpc) is 2.93. The van der Waals surface area contributed by atoms with Gasteiger partial charge >= 0.3 is 6.18 Å². The van der Waals surface area contributed by atoms with Gasteiger partial charge in [0.25, 0.3) is 5.92 Å². The van der Waals surface area contributed by atoms with Gasteiger partial charge in [-0.3, -0.25) is 0 Å². The Balaban J connectivity index is 0.00000256. The second-order valence-corrected chi connectivity index (χ2v) is 7.52. The molecule has 1 aliphatic rings. The highest BCUT2D eigenvalue weighted by atomic mass is 35.5. The van der Waals surface area contributed by atoms with Crippen molar-refractivity contribution in [2.24, 2.45) is 0 Å². The van der Waals surface area contributed by atoms with Crippen LogP contribution < -0.4 is 0 Å². The van der Waals surface area contributed by atoms with Crippen LogP contribution in [0.25, 0.3) is 21.8 Å². The van der Waals surface area contributed by atoms with E-state index in [-0.39, 0.29) is 55.8 Å². The van der Waals surface area contributed by atoms with Gasteiger partial charge in [0.2, 0.25) is 0 Å². The maximum absolute atomic E-state index is 14.1. The molecule has 2 aromatic heterocycles. The molecule has 164 valence electrons. The molecule has 3 heterocycles. The van der Waals surface area contributed by atoms with E-state index in [2.05, 4.69) is 4.98 Å². The van der Waals surface area contributed by atoms with E-state index in [1.54, 1.807) is 6.92 Å². The van der Waals surface area contributed by atoms with Crippen molar-refractivity contribution in [2.75, 3.05) is 19.6 Å². The van der Waals surface area contributed by atoms with Crippen LogP contribution in [0.1, 0.15) is 24.1 Å². The molecule has 0 amide bonds. The first-order chi connectivity index (χ1) is 13.6. The first kappa shape index (κ1) is 22.7. The van der Waals surface area contributed by atoms with Gasteiger partial charge in [-0.2, -0.15) is 13.2 Å². The number of hydrogen-bond donors (Lipinski definition) is 0. The van der Waals surface area contributed by atoms with E-state index in [0.29, 0.717) is 23.0 Å². The summed E-state index contributed by atoms with van der Waals surface area (Å²) in [7, 11) is 0. The molecule has 10 heteroatoms. The predicted octanol–water partition coefficient (Wildman–Crippen LogP) is 5.81. The van der Waals surface area contributed by atoms with Gasteiger partial charge < -0.3 is 9.47 Å². The van der Waals surface area contributed by atoms with Crippen LogP contribution in [0.4, 0.5) is 26.3 Å². The quantitative estimate of drug-likeness (QED) is 0.469. The first-order valence-corrected chi connectivity index (χ1v) is 9.31. The molecule has 3 aromatic rings. The number of nitrogens with zero attached hydrogens (tertiary/aromatic N) is 3. The summed E-state index contributed by atoms with van der Waals surface area (Å²) in [6, 6.07) is 4.21. The highest BCUT2D eigenvalue weighted by Gasteiger charge is 2.37. The SMILES string of the molecule is Cc1cc2c(cc1F)c1ccnc(C(F)(F)F)c1n2CCN1CCC(F)(F)CC1.Cl. The molecule has 0 radical (unpaired) electrons. The van der Waals surface area contributed by atoms with E-state index in [0.717, 1.165) is 6.20 Å². The third-order valence-corrected chi connectivity index (χ3v) is 5.55. The lowest BCUT2D eigenvalue weighted by Crippen LogP contribution is -2.40. The van der Waals surface area contributed by atoms with Crippen LogP contribution >= 0.6 is 12.4 Å². The van der Waals surface area contributed by atoms with Crippen molar-refractivity contribution in [3.05, 3.63) is 41.5 Å². The van der Waals surface area contributed by atoms with Gasteiger partial charge in [0.15, 0.2) is 5.69 Å². The molecule has 1 aliphatic heterocycles. The Bertz CT molecular complexity index is 1070. The molecule has 30 heavy (non-hydrogen) atoms. The number of benzene rings is 1. The lowest BCUT2D eigenvalue weighted by Gasteiger charge is -2.31. The summed E-state index contributed by atoms with van der Waals surface area (Å²) < 4.78 is 83.2. The Morgan fingerprint density at radius 1 is 1.07 bits per heavy atom. The monoisotopic (exact) mass is 451 g/mol. The maximum Gasteiger partial charge on any atom is 0.435 e. The topological polar surface area (TPSA) is 21.1 Å². The molecule has 1 saturated heterocycles. The number of halogens is 7. The Hall–Kier alpha value is -2.00. The maximum atomic E-state index is 14.1. The standard InChI is InChI=1S/C20H19F6N3.ClH/c1-12-10-16-14(11-15(12)21)13-2-5-27-18(20(24,25)26)17(13)29(16)9-8-28-6-3-19(22,23)4-7-28;/h2,5,10-11H,3-4,6-9H2,1H3;1H. The molecule has 1 fully saturated rings. The average molecular weight is 452 g/mol. The number of rotatable bonds is 3. The van der Waals surface area contributed by atoms with E-state index in [4.69, 9.17) is 0 Å². The summed E-state index contributed by atoms with van der Waals surface area (Å²) in [6.45, 7) is 2.39. The summed E-state index contributed by atoms with van der Waals surface area (Å²) in [5.74, 6) is -3.19. The summed E-state index contributed by atoms with van der Waals surface area (Å²) in [4.78, 5) is 5.35. The van der Waals surface area contributed by atoms with Crippen LogP contribution in [0, 0.1) is 12.7 Å². The minimum absolute atomic E-state index is 0. The Morgan fingerprint density at radius 3 is 2.37 bits per heavy atom. The van der Waals surface area contributed by atoms with Crippen molar-refractivity contribution >= 4 is 34.2 Å². The molecule has 3 nitrogen and oxygen atoms in total. The first-order valence-electron chi connectivity index (χ1n) is 9.31. The molecule has 0 spiro atoms. The number of piperidine rings is 1. The van der Waals surface area contributed by atoms with E-state index >= 15 is 0 Å². The molecule has 0 bridgehead atoms. The fourth-order valence-electron chi connectivity index (χ4n) is 3.96. The Labute approximate surface area is 175 Å². The summed E-state index contributed by atoms with van der Waals surface area (Å²) in [6.07, 6.45) is -4.13. The number of aromatic nitrogens is 2. The molecular weight excluding hydrogens is 432 g/mol. The molecule has 0 aliphatic carbocycles. The summed E-state index contributed by atoms with van der Waals surface area (Å²) >= 11 is 0. The minimum Gasteiger partial charge on any atom is -0.337 e. The fraction of sp³-hybridized carbons (Fsp3) is 0.450. The lowest BCUT2D eigenvalue weighted by atomic mass is 10.1. The highest BCUT2D eigenvalue weighted by molar-refractivity contribution is 6.09. The number of hydrogen-bond acceptors (Lipinski definition) is 2. The van der Waals surface area contributed by atoms with Gasteiger partial charge in [0.05, 0.1) is 5.52 Å². The van der Waals surface area contributed by atoms with Gasteiger partial charge in [0, 0.05) is 61.5 Å². The van der Waals surface area contributed by atoms with E-state index in [1.165, 1.54) is 22.8 Å². The third kappa shape index (κ3) is 4.09. The van der Waals surface area contributed by atoms with Crippen molar-refractivity contribution in [1.82, 2.24) is 14.5 Å². The third-order valence-electron chi connectivity index (χ3n) is 5.55. The van der Waals surface area contributed by atoms with Crippen LogP contribution in [0.15, 0.2) is 24.4 Å². The second kappa shape index (κ2) is 7.92. The van der Waals surface area contributed by atoms with Crippen LogP contribution in [0.2, 0.25) is 0 Å². The van der Waals surface area contributed by atoms with Gasteiger partial charge in [0.1, 0.15) is 5.82 Å². The van der Waals surface area contributed by atoms with Crippen molar-refractivity contribution in [2.45, 2.75) is 38.4 Å². The minimum atomic E-state index is -4.67. The molecule has 0 saturated carbocycles. The van der Waals surface area contributed by atoms with Gasteiger partial charge in [-0.1, -0.05) is 0 Å². The van der Waals surface area contributed by atoms with Gasteiger partial charge in [-0.15, -0.1) is 12.4 Å². The number of aryl methyl sites for hydroxylation is 1. The highest BCUT2D eigenvalue weighted by Crippen LogP contribution is 2.38. The zero-order valence-corrected chi connectivity index (χ0v) is 16.9. The summed E-state index contributed by atoms with van der Waals surface area (Å²) in [5.41, 5.74) is -0.350. The van der Waals surface area contributed by atoms with E-state index in [1.807, 2.05) is 4.90 Å². The number of alkyl halides is 5. The van der Waals surface area contributed by atoms with E-state index in [9.17, 15) is 26.3 Å². The van der Waals surface area contributed by atoms with Crippen LogP contribution in [0.5, 0.6) is 0 Å². The molecule has 0 N–H and O–H groups in total. The van der Waals surface area contributed by atoms with Crippen molar-refractivity contribution in [1.29, 1.82) is 0 Å². The number of pyridine rings is 1. The zero-order valence-electron chi connectivity index (χ0n) is 16.1. The normalized spacial score (nSPS) is 17.4. The fourth-order valence-corrected chi connectivity index (χ4v) is 3.96.